The molecule has 1 amide bonds. The van der Waals surface area contributed by atoms with Gasteiger partial charge in [0.05, 0.1) is 0 Å². The Labute approximate surface area is 116 Å². The molecule has 19 heavy (non-hydrogen) atoms. The van der Waals surface area contributed by atoms with Gasteiger partial charge >= 0.3 is 0 Å². The fourth-order valence-corrected chi connectivity index (χ4v) is 1.89. The molecule has 2 rings (SSSR count). The Morgan fingerprint density at radius 3 is 2.89 bits per heavy atom. The molecule has 1 aromatic carbocycles. The van der Waals surface area contributed by atoms with E-state index in [9.17, 15) is 4.79 Å². The number of benzene rings is 1. The minimum atomic E-state index is -0.187. The molecule has 0 unspecified atom stereocenters. The molecule has 1 N–H and O–H groups in total. The fourth-order valence-electron chi connectivity index (χ4n) is 1.68. The zero-order valence-corrected chi connectivity index (χ0v) is 11.3. The Hall–Kier alpha value is -1.94. The summed E-state index contributed by atoms with van der Waals surface area (Å²) in [6.45, 7) is 2.37. The summed E-state index contributed by atoms with van der Waals surface area (Å²) >= 11 is 5.90. The van der Waals surface area contributed by atoms with Crippen LogP contribution in [0.4, 0.5) is 0 Å². The lowest BCUT2D eigenvalue weighted by Gasteiger charge is -2.05. The highest BCUT2D eigenvalue weighted by Gasteiger charge is 2.06. The molecular weight excluding hydrogens is 262 g/mol. The SMILES string of the molecule is Cc1cc(C(=O)NCCc2cccc(Cl)c2)ncn1. The van der Waals surface area contributed by atoms with Crippen molar-refractivity contribution in [2.24, 2.45) is 0 Å². The molecule has 0 atom stereocenters. The molecule has 0 saturated carbocycles. The van der Waals surface area contributed by atoms with Crippen molar-refractivity contribution in [3.63, 3.8) is 0 Å². The number of nitrogens with zero attached hydrogens (tertiary/aromatic N) is 2. The lowest BCUT2D eigenvalue weighted by atomic mass is 10.1. The Morgan fingerprint density at radius 2 is 2.16 bits per heavy atom. The number of carbonyl (C=O) groups excluding carboxylic acids is 1. The molecule has 98 valence electrons. The molecule has 0 spiro atoms. The molecule has 5 heteroatoms. The second kappa shape index (κ2) is 6.29. The molecule has 0 fully saturated rings. The van der Waals surface area contributed by atoms with Gasteiger partial charge in [0.2, 0.25) is 0 Å². The van der Waals surface area contributed by atoms with Gasteiger partial charge in [0.1, 0.15) is 12.0 Å². The van der Waals surface area contributed by atoms with Gasteiger partial charge in [-0.15, -0.1) is 0 Å². The zero-order chi connectivity index (χ0) is 13.7. The summed E-state index contributed by atoms with van der Waals surface area (Å²) in [5, 5.41) is 3.53. The van der Waals surface area contributed by atoms with Gasteiger partial charge in [-0.2, -0.15) is 0 Å². The van der Waals surface area contributed by atoms with E-state index in [4.69, 9.17) is 11.6 Å². The van der Waals surface area contributed by atoms with Crippen LogP contribution in [0.1, 0.15) is 21.7 Å². The second-order valence-corrected chi connectivity index (χ2v) is 4.62. The molecule has 2 aromatic rings. The maximum Gasteiger partial charge on any atom is 0.270 e. The van der Waals surface area contributed by atoms with E-state index in [-0.39, 0.29) is 5.91 Å². The van der Waals surface area contributed by atoms with E-state index >= 15 is 0 Å². The molecule has 0 radical (unpaired) electrons. The molecule has 0 aliphatic carbocycles. The van der Waals surface area contributed by atoms with Crippen LogP contribution in [0.25, 0.3) is 0 Å². The number of hydrogen-bond donors (Lipinski definition) is 1. The third kappa shape index (κ3) is 4.03. The monoisotopic (exact) mass is 275 g/mol. The summed E-state index contributed by atoms with van der Waals surface area (Å²) in [7, 11) is 0. The highest BCUT2D eigenvalue weighted by molar-refractivity contribution is 6.30. The average molecular weight is 276 g/mol. The van der Waals surface area contributed by atoms with Crippen LogP contribution in [0, 0.1) is 6.92 Å². The van der Waals surface area contributed by atoms with Gasteiger partial charge in [-0.05, 0) is 37.1 Å². The van der Waals surface area contributed by atoms with Crippen molar-refractivity contribution in [1.29, 1.82) is 0 Å². The van der Waals surface area contributed by atoms with Crippen LogP contribution in [0.15, 0.2) is 36.7 Å². The molecule has 0 aliphatic rings. The van der Waals surface area contributed by atoms with Crippen molar-refractivity contribution < 1.29 is 4.79 Å². The minimum absolute atomic E-state index is 0.187. The van der Waals surface area contributed by atoms with Crippen molar-refractivity contribution in [2.75, 3.05) is 6.54 Å². The van der Waals surface area contributed by atoms with Gasteiger partial charge in [-0.3, -0.25) is 4.79 Å². The number of rotatable bonds is 4. The van der Waals surface area contributed by atoms with E-state index in [1.165, 1.54) is 6.33 Å². The topological polar surface area (TPSA) is 54.9 Å². The molecule has 0 aliphatic heterocycles. The highest BCUT2D eigenvalue weighted by Crippen LogP contribution is 2.10. The molecule has 1 heterocycles. The first kappa shape index (κ1) is 13.5. The molecular formula is C14H14ClN3O. The third-order valence-corrected chi connectivity index (χ3v) is 2.86. The van der Waals surface area contributed by atoms with Gasteiger partial charge < -0.3 is 5.32 Å². The Kier molecular flexibility index (Phi) is 4.47. The quantitative estimate of drug-likeness (QED) is 0.932. The Bertz CT molecular complexity index is 586. The number of carbonyl (C=O) groups is 1. The van der Waals surface area contributed by atoms with E-state index in [1.54, 1.807) is 6.07 Å². The van der Waals surface area contributed by atoms with E-state index in [1.807, 2.05) is 31.2 Å². The van der Waals surface area contributed by atoms with Crippen LogP contribution in [-0.4, -0.2) is 22.4 Å². The first-order valence-electron chi connectivity index (χ1n) is 5.96. The fraction of sp³-hybridized carbons (Fsp3) is 0.214. The smallest absolute Gasteiger partial charge is 0.270 e. The van der Waals surface area contributed by atoms with Crippen molar-refractivity contribution in [2.45, 2.75) is 13.3 Å². The number of nitrogens with one attached hydrogen (secondary N) is 1. The van der Waals surface area contributed by atoms with Crippen LogP contribution in [0.5, 0.6) is 0 Å². The number of aryl methyl sites for hydroxylation is 1. The van der Waals surface area contributed by atoms with Crippen LogP contribution in [0.2, 0.25) is 5.02 Å². The first-order valence-corrected chi connectivity index (χ1v) is 6.34. The lowest BCUT2D eigenvalue weighted by Crippen LogP contribution is -2.26. The summed E-state index contributed by atoms with van der Waals surface area (Å²) in [6.07, 6.45) is 2.12. The maximum atomic E-state index is 11.8. The first-order chi connectivity index (χ1) is 9.15. The number of aromatic nitrogens is 2. The van der Waals surface area contributed by atoms with E-state index in [2.05, 4.69) is 15.3 Å². The van der Waals surface area contributed by atoms with Gasteiger partial charge in [0, 0.05) is 17.3 Å². The predicted octanol–water partition coefficient (Wildman–Crippen LogP) is 2.41. The van der Waals surface area contributed by atoms with Crippen LogP contribution < -0.4 is 5.32 Å². The number of hydrogen-bond acceptors (Lipinski definition) is 3. The Balaban J connectivity index is 1.87. The van der Waals surface area contributed by atoms with Crippen LogP contribution in [0.3, 0.4) is 0 Å². The molecule has 0 saturated heterocycles. The Morgan fingerprint density at radius 1 is 1.32 bits per heavy atom. The van der Waals surface area contributed by atoms with Gasteiger partial charge in [-0.25, -0.2) is 9.97 Å². The third-order valence-electron chi connectivity index (χ3n) is 2.62. The minimum Gasteiger partial charge on any atom is -0.350 e. The standard InChI is InChI=1S/C14H14ClN3O/c1-10-7-13(18-9-17-10)14(19)16-6-5-11-3-2-4-12(15)8-11/h2-4,7-9H,5-6H2,1H3,(H,16,19). The van der Waals surface area contributed by atoms with Crippen molar-refractivity contribution in [3.05, 3.63) is 58.6 Å². The lowest BCUT2D eigenvalue weighted by molar-refractivity contribution is 0.0949. The van der Waals surface area contributed by atoms with Crippen molar-refractivity contribution in [1.82, 2.24) is 15.3 Å². The largest absolute Gasteiger partial charge is 0.350 e. The predicted molar refractivity (Wildman–Crippen MR) is 74.3 cm³/mol. The van der Waals surface area contributed by atoms with Crippen LogP contribution >= 0.6 is 11.6 Å². The average Bonchev–Trinajstić information content (AvgIpc) is 2.38. The summed E-state index contributed by atoms with van der Waals surface area (Å²) in [5.74, 6) is -0.187. The summed E-state index contributed by atoms with van der Waals surface area (Å²) in [6, 6.07) is 9.25. The van der Waals surface area contributed by atoms with Gasteiger partial charge in [0.25, 0.3) is 5.91 Å². The summed E-state index contributed by atoms with van der Waals surface area (Å²) < 4.78 is 0. The van der Waals surface area contributed by atoms with Crippen molar-refractivity contribution >= 4 is 17.5 Å². The summed E-state index contributed by atoms with van der Waals surface area (Å²) in [5.41, 5.74) is 2.25. The number of halogens is 1. The van der Waals surface area contributed by atoms with E-state index in [0.29, 0.717) is 17.3 Å². The molecule has 4 nitrogen and oxygen atoms in total. The van der Waals surface area contributed by atoms with E-state index in [0.717, 1.165) is 17.7 Å². The highest BCUT2D eigenvalue weighted by atomic mass is 35.5. The molecule has 1 aromatic heterocycles. The molecule has 0 bridgehead atoms. The van der Waals surface area contributed by atoms with Gasteiger partial charge in [-0.1, -0.05) is 23.7 Å². The van der Waals surface area contributed by atoms with Crippen molar-refractivity contribution in [3.8, 4) is 0 Å². The van der Waals surface area contributed by atoms with Gasteiger partial charge in [0.15, 0.2) is 0 Å². The maximum absolute atomic E-state index is 11.8. The number of amides is 1. The summed E-state index contributed by atoms with van der Waals surface area (Å²) in [4.78, 5) is 19.7. The van der Waals surface area contributed by atoms with E-state index < -0.39 is 0 Å². The van der Waals surface area contributed by atoms with Crippen LogP contribution in [-0.2, 0) is 6.42 Å². The normalized spacial score (nSPS) is 10.2. The second-order valence-electron chi connectivity index (χ2n) is 4.18. The zero-order valence-electron chi connectivity index (χ0n) is 10.6.